The normalized spacial score (nSPS) is 14.1. The molecular weight excluding hydrogens is 270 g/mol. The van der Waals surface area contributed by atoms with Crippen molar-refractivity contribution in [2.45, 2.75) is 18.6 Å². The lowest BCUT2D eigenvalue weighted by molar-refractivity contribution is -0.141. The van der Waals surface area contributed by atoms with Gasteiger partial charge in [0.2, 0.25) is 0 Å². The van der Waals surface area contributed by atoms with Crippen LogP contribution in [0.5, 0.6) is 0 Å². The van der Waals surface area contributed by atoms with E-state index in [1.807, 2.05) is 0 Å². The lowest BCUT2D eigenvalue weighted by Gasteiger charge is -2.16. The first-order valence-electron chi connectivity index (χ1n) is 5.63. The quantitative estimate of drug-likeness (QED) is 0.583. The number of aliphatic carboxylic acids is 1. The van der Waals surface area contributed by atoms with Gasteiger partial charge in [-0.15, -0.1) is 0 Å². The lowest BCUT2D eigenvalue weighted by Crippen LogP contribution is -2.22. The van der Waals surface area contributed by atoms with Crippen molar-refractivity contribution in [3.63, 3.8) is 0 Å². The number of nitrogens with one attached hydrogen (secondary N) is 1. The molecule has 2 atom stereocenters. The van der Waals surface area contributed by atoms with Crippen LogP contribution in [0.4, 0.5) is 0 Å². The van der Waals surface area contributed by atoms with Gasteiger partial charge >= 0.3 is 17.4 Å². The summed E-state index contributed by atoms with van der Waals surface area (Å²) in [6, 6.07) is 3.96. The maximum Gasteiger partial charge on any atom is 0.419 e. The predicted molar refractivity (Wildman–Crippen MR) is 66.3 cm³/mol. The summed E-state index contributed by atoms with van der Waals surface area (Å²) >= 11 is 0. The monoisotopic (exact) mass is 281 g/mol. The standard InChI is InChI=1S/C12H11NO7/c14-8(4-9(15)16)10(17)5-1-2-7-6(3-5)11(18)20-12(19)13-7/h1-3,8,10,14,17H,4H2,(H,13,19)(H,15,16). The third-order valence-corrected chi connectivity index (χ3v) is 2.78. The first-order chi connectivity index (χ1) is 9.38. The summed E-state index contributed by atoms with van der Waals surface area (Å²) in [5.41, 5.74) is -0.522. The number of carboxylic acids is 1. The number of aliphatic hydroxyl groups excluding tert-OH is 2. The fraction of sp³-hybridized carbons (Fsp3) is 0.250. The lowest BCUT2D eigenvalue weighted by atomic mass is 10.0. The minimum atomic E-state index is -1.51. The summed E-state index contributed by atoms with van der Waals surface area (Å²) in [6.45, 7) is 0. The Hall–Kier alpha value is -2.45. The van der Waals surface area contributed by atoms with Gasteiger partial charge in [-0.2, -0.15) is 0 Å². The molecule has 0 bridgehead atoms. The fourth-order valence-corrected chi connectivity index (χ4v) is 1.81. The van der Waals surface area contributed by atoms with E-state index in [4.69, 9.17) is 5.11 Å². The molecule has 0 aliphatic rings. The molecule has 0 radical (unpaired) electrons. The van der Waals surface area contributed by atoms with Crippen LogP contribution < -0.4 is 11.4 Å². The van der Waals surface area contributed by atoms with E-state index in [0.717, 1.165) is 0 Å². The molecule has 1 heterocycles. The highest BCUT2D eigenvalue weighted by molar-refractivity contribution is 5.77. The molecule has 0 fully saturated rings. The van der Waals surface area contributed by atoms with Gasteiger partial charge in [0.15, 0.2) is 0 Å². The van der Waals surface area contributed by atoms with Crippen LogP contribution in [-0.4, -0.2) is 32.4 Å². The molecule has 0 amide bonds. The highest BCUT2D eigenvalue weighted by Gasteiger charge is 2.21. The van der Waals surface area contributed by atoms with Crippen molar-refractivity contribution in [2.75, 3.05) is 0 Å². The van der Waals surface area contributed by atoms with Crippen molar-refractivity contribution in [1.82, 2.24) is 4.98 Å². The molecule has 8 heteroatoms. The van der Waals surface area contributed by atoms with Crippen LogP contribution in [0.1, 0.15) is 18.1 Å². The molecule has 1 aromatic heterocycles. The molecule has 1 aromatic carbocycles. The molecule has 2 aromatic rings. The van der Waals surface area contributed by atoms with E-state index < -0.39 is 36.0 Å². The van der Waals surface area contributed by atoms with Gasteiger partial charge in [-0.3, -0.25) is 9.78 Å². The van der Waals surface area contributed by atoms with E-state index in [1.54, 1.807) is 0 Å². The first kappa shape index (κ1) is 14.0. The third kappa shape index (κ3) is 2.76. The second-order valence-corrected chi connectivity index (χ2v) is 4.22. The molecule has 0 aliphatic heterocycles. The topological polar surface area (TPSA) is 141 Å². The van der Waals surface area contributed by atoms with E-state index in [0.29, 0.717) is 0 Å². The molecule has 4 N–H and O–H groups in total. The second-order valence-electron chi connectivity index (χ2n) is 4.22. The fourth-order valence-electron chi connectivity index (χ4n) is 1.81. The van der Waals surface area contributed by atoms with Crippen LogP contribution in [0.2, 0.25) is 0 Å². The van der Waals surface area contributed by atoms with Gasteiger partial charge in [0.05, 0.1) is 23.4 Å². The zero-order chi connectivity index (χ0) is 14.9. The number of aromatic nitrogens is 1. The summed E-state index contributed by atoms with van der Waals surface area (Å²) < 4.78 is 4.35. The number of aliphatic hydroxyl groups is 2. The number of H-pyrrole nitrogens is 1. The average Bonchev–Trinajstić information content (AvgIpc) is 2.36. The Balaban J connectivity index is 2.44. The summed E-state index contributed by atoms with van der Waals surface area (Å²) in [6.07, 6.45) is -3.62. The van der Waals surface area contributed by atoms with Gasteiger partial charge in [0.1, 0.15) is 6.10 Å². The molecular formula is C12H11NO7. The van der Waals surface area contributed by atoms with Crippen molar-refractivity contribution >= 4 is 16.9 Å². The minimum absolute atomic E-state index is 0.0173. The van der Waals surface area contributed by atoms with Crippen LogP contribution in [0, 0.1) is 0 Å². The molecule has 0 saturated heterocycles. The van der Waals surface area contributed by atoms with Crippen molar-refractivity contribution in [1.29, 1.82) is 0 Å². The van der Waals surface area contributed by atoms with Crippen LogP contribution in [0.15, 0.2) is 32.2 Å². The van der Waals surface area contributed by atoms with Crippen LogP contribution in [0.3, 0.4) is 0 Å². The zero-order valence-corrected chi connectivity index (χ0v) is 10.1. The van der Waals surface area contributed by atoms with Crippen LogP contribution in [-0.2, 0) is 4.79 Å². The predicted octanol–water partition coefficient (Wildman–Crippen LogP) is -0.650. The number of fused-ring (bicyclic) bond motifs is 1. The van der Waals surface area contributed by atoms with E-state index in [2.05, 4.69) is 9.40 Å². The highest BCUT2D eigenvalue weighted by atomic mass is 16.4. The van der Waals surface area contributed by atoms with E-state index in [1.165, 1.54) is 18.2 Å². The number of carboxylic acid groups (broad SMARTS) is 1. The highest BCUT2D eigenvalue weighted by Crippen LogP contribution is 2.21. The zero-order valence-electron chi connectivity index (χ0n) is 10.1. The Morgan fingerprint density at radius 3 is 2.65 bits per heavy atom. The van der Waals surface area contributed by atoms with Crippen molar-refractivity contribution in [2.24, 2.45) is 0 Å². The maximum atomic E-state index is 11.5. The number of hydrogen-bond acceptors (Lipinski definition) is 6. The van der Waals surface area contributed by atoms with Gasteiger partial charge in [0.25, 0.3) is 0 Å². The number of carbonyl (C=O) groups is 1. The molecule has 0 spiro atoms. The maximum absolute atomic E-state index is 11.5. The second kappa shape index (κ2) is 5.27. The molecule has 0 saturated carbocycles. The van der Waals surface area contributed by atoms with Crippen LogP contribution in [0.25, 0.3) is 10.9 Å². The van der Waals surface area contributed by atoms with Gasteiger partial charge in [0, 0.05) is 0 Å². The summed E-state index contributed by atoms with van der Waals surface area (Å²) in [5, 5.41) is 27.9. The molecule has 2 unspecified atom stereocenters. The SMILES string of the molecule is O=C(O)CC(O)C(O)c1ccc2[nH]c(=O)oc(=O)c2c1. The largest absolute Gasteiger partial charge is 0.481 e. The van der Waals surface area contributed by atoms with Crippen molar-refractivity contribution < 1.29 is 24.5 Å². The van der Waals surface area contributed by atoms with Gasteiger partial charge in [-0.1, -0.05) is 6.07 Å². The summed E-state index contributed by atoms with van der Waals surface area (Å²) in [4.78, 5) is 35.2. The molecule has 0 aliphatic carbocycles. The number of benzene rings is 1. The van der Waals surface area contributed by atoms with Crippen molar-refractivity contribution in [3.05, 3.63) is 44.7 Å². The van der Waals surface area contributed by atoms with E-state index >= 15 is 0 Å². The smallest absolute Gasteiger partial charge is 0.419 e. The Morgan fingerprint density at radius 2 is 2.00 bits per heavy atom. The Morgan fingerprint density at radius 1 is 1.30 bits per heavy atom. The van der Waals surface area contributed by atoms with E-state index in [-0.39, 0.29) is 16.5 Å². The summed E-state index contributed by atoms with van der Waals surface area (Å²) in [5.74, 6) is -2.16. The molecule has 20 heavy (non-hydrogen) atoms. The van der Waals surface area contributed by atoms with Gasteiger partial charge in [-0.25, -0.2) is 9.59 Å². The molecule has 2 rings (SSSR count). The Bertz CT molecular complexity index is 760. The molecule has 8 nitrogen and oxygen atoms in total. The Labute approximate surface area is 110 Å². The first-order valence-corrected chi connectivity index (χ1v) is 5.63. The van der Waals surface area contributed by atoms with Gasteiger partial charge < -0.3 is 19.7 Å². The van der Waals surface area contributed by atoms with Crippen LogP contribution >= 0.6 is 0 Å². The average molecular weight is 281 g/mol. The van der Waals surface area contributed by atoms with Crippen molar-refractivity contribution in [3.8, 4) is 0 Å². The third-order valence-electron chi connectivity index (χ3n) is 2.78. The van der Waals surface area contributed by atoms with E-state index in [9.17, 15) is 24.6 Å². The molecule has 106 valence electrons. The summed E-state index contributed by atoms with van der Waals surface area (Å²) in [7, 11) is 0. The minimum Gasteiger partial charge on any atom is -0.481 e. The number of aromatic amines is 1. The van der Waals surface area contributed by atoms with Gasteiger partial charge in [-0.05, 0) is 17.7 Å². The number of rotatable bonds is 4. The Kier molecular flexibility index (Phi) is 3.68. The number of hydrogen-bond donors (Lipinski definition) is 4.